The van der Waals surface area contributed by atoms with E-state index >= 15 is 0 Å². The fourth-order valence-corrected chi connectivity index (χ4v) is 2.36. The predicted octanol–water partition coefficient (Wildman–Crippen LogP) is 3.34. The van der Waals surface area contributed by atoms with Crippen molar-refractivity contribution in [1.29, 1.82) is 0 Å². The maximum absolute atomic E-state index is 11.8. The van der Waals surface area contributed by atoms with Gasteiger partial charge in [-0.2, -0.15) is 0 Å². The minimum atomic E-state index is -0.672. The number of carbonyl (C=O) groups is 2. The maximum Gasteiger partial charge on any atom is 0.354 e. The van der Waals surface area contributed by atoms with Gasteiger partial charge in [0, 0.05) is 11.8 Å². The first kappa shape index (κ1) is 20.0. The first-order chi connectivity index (χ1) is 13.1. The third-order valence-electron chi connectivity index (χ3n) is 3.70. The van der Waals surface area contributed by atoms with Crippen LogP contribution in [-0.4, -0.2) is 32.8 Å². The van der Waals surface area contributed by atoms with E-state index < -0.39 is 11.9 Å². The predicted molar refractivity (Wildman–Crippen MR) is 102 cm³/mol. The second-order valence-electron chi connectivity index (χ2n) is 5.66. The summed E-state index contributed by atoms with van der Waals surface area (Å²) in [5.74, 6) is -0.666. The molecule has 0 heterocycles. The van der Waals surface area contributed by atoms with Crippen LogP contribution in [0.25, 0.3) is 0 Å². The lowest BCUT2D eigenvalue weighted by Crippen LogP contribution is -2.15. The van der Waals surface area contributed by atoms with E-state index in [1.165, 1.54) is 19.8 Å². The quantitative estimate of drug-likeness (QED) is 0.415. The van der Waals surface area contributed by atoms with Crippen molar-refractivity contribution in [2.45, 2.75) is 12.8 Å². The largest absolute Gasteiger partial charge is 0.494 e. The summed E-state index contributed by atoms with van der Waals surface area (Å²) in [6, 6.07) is 17.3. The number of benzene rings is 2. The molecule has 0 saturated heterocycles. The first-order valence-electron chi connectivity index (χ1n) is 8.54. The van der Waals surface area contributed by atoms with Gasteiger partial charge >= 0.3 is 11.9 Å². The standard InChI is InChI=1S/C21H23NO5/c1-25-20(23)15-19(21(24)26-2)22-17-11-6-12-18(14-17)27-13-7-10-16-8-4-3-5-9-16/h3-6,8-9,11-12,14-15,22H,7,10,13H2,1-2H3/b19-15+. The van der Waals surface area contributed by atoms with Gasteiger partial charge in [-0.05, 0) is 30.5 Å². The zero-order chi connectivity index (χ0) is 19.5. The molecule has 0 fully saturated rings. The van der Waals surface area contributed by atoms with Crippen molar-refractivity contribution >= 4 is 17.6 Å². The van der Waals surface area contributed by atoms with Crippen molar-refractivity contribution in [1.82, 2.24) is 0 Å². The minimum absolute atomic E-state index is 0.0226. The van der Waals surface area contributed by atoms with Crippen molar-refractivity contribution in [2.24, 2.45) is 0 Å². The lowest BCUT2D eigenvalue weighted by Gasteiger charge is -2.11. The molecule has 2 rings (SSSR count). The van der Waals surface area contributed by atoms with Gasteiger partial charge in [0.25, 0.3) is 0 Å². The van der Waals surface area contributed by atoms with Gasteiger partial charge < -0.3 is 19.5 Å². The number of carbonyl (C=O) groups excluding carboxylic acids is 2. The Morgan fingerprint density at radius 1 is 1.00 bits per heavy atom. The average molecular weight is 369 g/mol. The maximum atomic E-state index is 11.8. The third-order valence-corrected chi connectivity index (χ3v) is 3.70. The summed E-state index contributed by atoms with van der Waals surface area (Å²) in [4.78, 5) is 23.2. The molecule has 1 N–H and O–H groups in total. The summed E-state index contributed by atoms with van der Waals surface area (Å²) in [6.07, 6.45) is 2.86. The molecule has 0 unspecified atom stereocenters. The van der Waals surface area contributed by atoms with E-state index in [1.807, 2.05) is 24.3 Å². The highest BCUT2D eigenvalue weighted by molar-refractivity contribution is 5.98. The van der Waals surface area contributed by atoms with Crippen LogP contribution in [0.4, 0.5) is 5.69 Å². The highest BCUT2D eigenvalue weighted by Gasteiger charge is 2.13. The third kappa shape index (κ3) is 6.86. The minimum Gasteiger partial charge on any atom is -0.494 e. The van der Waals surface area contributed by atoms with Gasteiger partial charge in [0.1, 0.15) is 11.4 Å². The molecular weight excluding hydrogens is 346 g/mol. The van der Waals surface area contributed by atoms with Crippen LogP contribution >= 0.6 is 0 Å². The molecule has 2 aromatic rings. The lowest BCUT2D eigenvalue weighted by atomic mass is 10.1. The van der Waals surface area contributed by atoms with Crippen LogP contribution in [0.15, 0.2) is 66.4 Å². The normalized spacial score (nSPS) is 10.8. The molecule has 142 valence electrons. The Hall–Kier alpha value is -3.28. The molecule has 0 atom stereocenters. The molecule has 2 aromatic carbocycles. The van der Waals surface area contributed by atoms with Crippen molar-refractivity contribution < 1.29 is 23.8 Å². The molecule has 0 amide bonds. The topological polar surface area (TPSA) is 73.9 Å². The highest BCUT2D eigenvalue weighted by Crippen LogP contribution is 2.19. The SMILES string of the molecule is COC(=O)/C=C(/Nc1cccc(OCCCc2ccccc2)c1)C(=O)OC. The fraction of sp³-hybridized carbons (Fsp3) is 0.238. The number of nitrogens with one attached hydrogen (secondary N) is 1. The first-order valence-corrected chi connectivity index (χ1v) is 8.54. The van der Waals surface area contributed by atoms with Crippen molar-refractivity contribution in [2.75, 3.05) is 26.1 Å². The summed E-state index contributed by atoms with van der Waals surface area (Å²) < 4.78 is 15.0. The number of methoxy groups -OCH3 is 2. The Morgan fingerprint density at radius 3 is 2.48 bits per heavy atom. The van der Waals surface area contributed by atoms with E-state index in [1.54, 1.807) is 18.2 Å². The molecule has 27 heavy (non-hydrogen) atoms. The molecule has 0 aliphatic carbocycles. The van der Waals surface area contributed by atoms with Gasteiger partial charge in [0.15, 0.2) is 0 Å². The molecule has 0 radical (unpaired) electrons. The summed E-state index contributed by atoms with van der Waals surface area (Å²) in [5.41, 5.74) is 1.84. The Labute approximate surface area is 158 Å². The van der Waals surface area contributed by atoms with Crippen LogP contribution in [0.2, 0.25) is 0 Å². The average Bonchev–Trinajstić information content (AvgIpc) is 2.71. The molecule has 6 heteroatoms. The van der Waals surface area contributed by atoms with E-state index in [4.69, 9.17) is 4.74 Å². The lowest BCUT2D eigenvalue weighted by molar-refractivity contribution is -0.138. The van der Waals surface area contributed by atoms with Crippen LogP contribution in [0, 0.1) is 0 Å². The van der Waals surface area contributed by atoms with E-state index in [2.05, 4.69) is 26.9 Å². The molecule has 6 nitrogen and oxygen atoms in total. The van der Waals surface area contributed by atoms with Gasteiger partial charge in [-0.25, -0.2) is 9.59 Å². The van der Waals surface area contributed by atoms with Crippen molar-refractivity contribution in [3.63, 3.8) is 0 Å². The van der Waals surface area contributed by atoms with Crippen LogP contribution in [0.1, 0.15) is 12.0 Å². The van der Waals surface area contributed by atoms with E-state index in [0.717, 1.165) is 18.9 Å². The van der Waals surface area contributed by atoms with Crippen LogP contribution in [0.3, 0.4) is 0 Å². The summed E-state index contributed by atoms with van der Waals surface area (Å²) in [6.45, 7) is 0.570. The number of hydrogen-bond donors (Lipinski definition) is 1. The van der Waals surface area contributed by atoms with Gasteiger partial charge in [0.2, 0.25) is 0 Å². The van der Waals surface area contributed by atoms with Gasteiger partial charge in [-0.1, -0.05) is 36.4 Å². The summed E-state index contributed by atoms with van der Waals surface area (Å²) >= 11 is 0. The van der Waals surface area contributed by atoms with E-state index in [0.29, 0.717) is 18.0 Å². The van der Waals surface area contributed by atoms with E-state index in [9.17, 15) is 9.59 Å². The number of rotatable bonds is 9. The van der Waals surface area contributed by atoms with Crippen LogP contribution in [-0.2, 0) is 25.5 Å². The van der Waals surface area contributed by atoms with Gasteiger partial charge in [0.05, 0.1) is 26.9 Å². The van der Waals surface area contributed by atoms with Gasteiger partial charge in [-0.15, -0.1) is 0 Å². The van der Waals surface area contributed by atoms with Gasteiger partial charge in [-0.3, -0.25) is 0 Å². The molecule has 0 aromatic heterocycles. The Balaban J connectivity index is 1.94. The number of esters is 2. The molecule has 0 bridgehead atoms. The summed E-state index contributed by atoms with van der Waals surface area (Å²) in [5, 5.41) is 2.86. The zero-order valence-electron chi connectivity index (χ0n) is 15.4. The zero-order valence-corrected chi connectivity index (χ0v) is 15.4. The van der Waals surface area contributed by atoms with Crippen LogP contribution < -0.4 is 10.1 Å². The van der Waals surface area contributed by atoms with Crippen molar-refractivity contribution in [3.05, 3.63) is 71.9 Å². The second-order valence-corrected chi connectivity index (χ2v) is 5.66. The summed E-state index contributed by atoms with van der Waals surface area (Å²) in [7, 11) is 2.47. The molecule has 0 aliphatic heterocycles. The Kier molecular flexibility index (Phi) is 7.91. The number of aryl methyl sites for hydroxylation is 1. The van der Waals surface area contributed by atoms with E-state index in [-0.39, 0.29) is 5.70 Å². The molecule has 0 aliphatic rings. The number of anilines is 1. The van der Waals surface area contributed by atoms with Crippen LogP contribution in [0.5, 0.6) is 5.75 Å². The smallest absolute Gasteiger partial charge is 0.354 e. The van der Waals surface area contributed by atoms with Crippen molar-refractivity contribution in [3.8, 4) is 5.75 Å². The second kappa shape index (κ2) is 10.7. The Morgan fingerprint density at radius 2 is 1.78 bits per heavy atom. The Bertz CT molecular complexity index is 786. The molecule has 0 saturated carbocycles. The number of ether oxygens (including phenoxy) is 3. The number of hydrogen-bond acceptors (Lipinski definition) is 6. The highest BCUT2D eigenvalue weighted by atomic mass is 16.5. The fourth-order valence-electron chi connectivity index (χ4n) is 2.36. The molecule has 0 spiro atoms. The monoisotopic (exact) mass is 369 g/mol. The molecular formula is C21H23NO5.